The maximum atomic E-state index is 13.5. The Bertz CT molecular complexity index is 1030. The van der Waals surface area contributed by atoms with Crippen molar-refractivity contribution in [2.75, 3.05) is 26.1 Å². The van der Waals surface area contributed by atoms with Gasteiger partial charge >= 0.3 is 6.03 Å². The van der Waals surface area contributed by atoms with Gasteiger partial charge in [-0.2, -0.15) is 0 Å². The summed E-state index contributed by atoms with van der Waals surface area (Å²) >= 11 is 0. The molecule has 3 aromatic rings. The zero-order valence-corrected chi connectivity index (χ0v) is 16.9. The minimum Gasteiger partial charge on any atom is -0.497 e. The highest BCUT2D eigenvalue weighted by atomic mass is 19.1. The lowest BCUT2D eigenvalue weighted by molar-refractivity contribution is 0.194. The number of nitrogens with one attached hydrogen (secondary N) is 1. The maximum Gasteiger partial charge on any atom is 0.322 e. The molecule has 1 aliphatic heterocycles. The van der Waals surface area contributed by atoms with E-state index >= 15 is 0 Å². The van der Waals surface area contributed by atoms with Crippen LogP contribution in [0.25, 0.3) is 0 Å². The molecular weight excluding hydrogens is 383 g/mol. The number of halogens is 1. The lowest BCUT2D eigenvalue weighted by atomic mass is 9.88. The Balaban J connectivity index is 1.68. The number of urea groups is 1. The number of benzene rings is 3. The first kappa shape index (κ1) is 19.8. The van der Waals surface area contributed by atoms with Gasteiger partial charge in [-0.1, -0.05) is 36.4 Å². The molecule has 0 saturated heterocycles. The summed E-state index contributed by atoms with van der Waals surface area (Å²) in [5.41, 5.74) is 3.68. The molecule has 1 heterocycles. The van der Waals surface area contributed by atoms with Crippen LogP contribution in [0.1, 0.15) is 22.7 Å². The van der Waals surface area contributed by atoms with Crippen molar-refractivity contribution in [1.29, 1.82) is 0 Å². The molecule has 5 nitrogen and oxygen atoms in total. The number of methoxy groups -OCH3 is 2. The standard InChI is InChI=1S/C24H23FN2O3/c1-29-20-13-19(14-21(15-20)30-2)26-24(28)27-12-11-16-5-3-4-6-22(16)23(27)17-7-9-18(25)10-8-17/h3-10,13-15,23H,11-12H2,1-2H3,(H,26,28)/t23-/m1/s1. The SMILES string of the molecule is COc1cc(NC(=O)N2CCc3ccccc3[C@H]2c2ccc(F)cc2)cc(OC)c1. The second kappa shape index (κ2) is 8.45. The highest BCUT2D eigenvalue weighted by molar-refractivity contribution is 5.90. The number of amides is 2. The molecule has 0 bridgehead atoms. The largest absolute Gasteiger partial charge is 0.497 e. The Kier molecular flexibility index (Phi) is 5.57. The Morgan fingerprint density at radius 1 is 1.00 bits per heavy atom. The summed E-state index contributed by atoms with van der Waals surface area (Å²) in [5, 5.41) is 2.96. The molecule has 0 spiro atoms. The van der Waals surface area contributed by atoms with Crippen molar-refractivity contribution in [3.63, 3.8) is 0 Å². The van der Waals surface area contributed by atoms with Crippen LogP contribution in [0.15, 0.2) is 66.7 Å². The predicted octanol–water partition coefficient (Wildman–Crippen LogP) is 5.02. The maximum absolute atomic E-state index is 13.5. The quantitative estimate of drug-likeness (QED) is 0.662. The van der Waals surface area contributed by atoms with Gasteiger partial charge in [0.2, 0.25) is 0 Å². The van der Waals surface area contributed by atoms with Crippen LogP contribution in [0.5, 0.6) is 11.5 Å². The summed E-state index contributed by atoms with van der Waals surface area (Å²) in [6, 6.07) is 19.1. The van der Waals surface area contributed by atoms with Gasteiger partial charge in [0.1, 0.15) is 17.3 Å². The van der Waals surface area contributed by atoms with E-state index in [9.17, 15) is 9.18 Å². The van der Waals surface area contributed by atoms with Crippen LogP contribution in [0.4, 0.5) is 14.9 Å². The van der Waals surface area contributed by atoms with Crippen molar-refractivity contribution in [3.05, 3.63) is 89.2 Å². The van der Waals surface area contributed by atoms with Gasteiger partial charge in [0.25, 0.3) is 0 Å². The van der Waals surface area contributed by atoms with E-state index in [1.54, 1.807) is 49.5 Å². The molecule has 0 unspecified atom stereocenters. The molecular formula is C24H23FN2O3. The zero-order valence-electron chi connectivity index (χ0n) is 16.9. The molecule has 30 heavy (non-hydrogen) atoms. The number of carbonyl (C=O) groups is 1. The van der Waals surface area contributed by atoms with Crippen LogP contribution >= 0.6 is 0 Å². The molecule has 0 fully saturated rings. The number of nitrogens with zero attached hydrogens (tertiary/aromatic N) is 1. The van der Waals surface area contributed by atoms with E-state index in [2.05, 4.69) is 11.4 Å². The van der Waals surface area contributed by atoms with Gasteiger partial charge in [-0.05, 0) is 35.2 Å². The van der Waals surface area contributed by atoms with Crippen LogP contribution in [0.2, 0.25) is 0 Å². The summed E-state index contributed by atoms with van der Waals surface area (Å²) in [7, 11) is 3.12. The zero-order chi connectivity index (χ0) is 21.1. The second-order valence-electron chi connectivity index (χ2n) is 7.13. The predicted molar refractivity (Wildman–Crippen MR) is 114 cm³/mol. The molecule has 3 aromatic carbocycles. The molecule has 1 N–H and O–H groups in total. The summed E-state index contributed by atoms with van der Waals surface area (Å²) in [6.45, 7) is 0.548. The van der Waals surface area contributed by atoms with E-state index in [0.717, 1.165) is 17.5 Å². The highest BCUT2D eigenvalue weighted by Crippen LogP contribution is 2.36. The molecule has 154 valence electrons. The Morgan fingerprint density at radius 2 is 1.67 bits per heavy atom. The van der Waals surface area contributed by atoms with Crippen LogP contribution in [0.3, 0.4) is 0 Å². The summed E-state index contributed by atoms with van der Waals surface area (Å²) in [6.07, 6.45) is 0.753. The number of anilines is 1. The third kappa shape index (κ3) is 3.94. The fourth-order valence-corrected chi connectivity index (χ4v) is 3.86. The van der Waals surface area contributed by atoms with Crippen molar-refractivity contribution in [3.8, 4) is 11.5 Å². The van der Waals surface area contributed by atoms with Crippen LogP contribution in [-0.4, -0.2) is 31.7 Å². The summed E-state index contributed by atoms with van der Waals surface area (Å²) < 4.78 is 24.1. The van der Waals surface area contributed by atoms with Gasteiger partial charge in [-0.25, -0.2) is 9.18 Å². The molecule has 2 amide bonds. The number of carbonyl (C=O) groups excluding carboxylic acids is 1. The van der Waals surface area contributed by atoms with E-state index in [-0.39, 0.29) is 17.9 Å². The van der Waals surface area contributed by atoms with Gasteiger partial charge in [0.15, 0.2) is 0 Å². The van der Waals surface area contributed by atoms with Crippen LogP contribution in [0, 0.1) is 5.82 Å². The topological polar surface area (TPSA) is 50.8 Å². The van der Waals surface area contributed by atoms with Gasteiger partial charge in [0.05, 0.1) is 20.3 Å². The van der Waals surface area contributed by atoms with Gasteiger partial charge in [-0.3, -0.25) is 0 Å². The Labute approximate surface area is 175 Å². The fraction of sp³-hybridized carbons (Fsp3) is 0.208. The minimum absolute atomic E-state index is 0.242. The number of hydrogen-bond donors (Lipinski definition) is 1. The average Bonchev–Trinajstić information content (AvgIpc) is 2.78. The van der Waals surface area contributed by atoms with E-state index < -0.39 is 0 Å². The van der Waals surface area contributed by atoms with Crippen LogP contribution in [-0.2, 0) is 6.42 Å². The van der Waals surface area contributed by atoms with E-state index in [0.29, 0.717) is 23.7 Å². The van der Waals surface area contributed by atoms with Crippen molar-refractivity contribution in [2.24, 2.45) is 0 Å². The molecule has 1 aliphatic rings. The molecule has 4 rings (SSSR count). The van der Waals surface area contributed by atoms with E-state index in [1.807, 2.05) is 18.2 Å². The van der Waals surface area contributed by atoms with Crippen molar-refractivity contribution >= 4 is 11.7 Å². The molecule has 0 saturated carbocycles. The van der Waals surface area contributed by atoms with Crippen molar-refractivity contribution in [2.45, 2.75) is 12.5 Å². The van der Waals surface area contributed by atoms with Gasteiger partial charge in [-0.15, -0.1) is 0 Å². The third-order valence-electron chi connectivity index (χ3n) is 5.33. The first-order valence-electron chi connectivity index (χ1n) is 9.73. The molecule has 1 atom stereocenters. The fourth-order valence-electron chi connectivity index (χ4n) is 3.86. The van der Waals surface area contributed by atoms with E-state index in [1.165, 1.54) is 17.7 Å². The van der Waals surface area contributed by atoms with Gasteiger partial charge < -0.3 is 19.7 Å². The first-order chi connectivity index (χ1) is 14.6. The van der Waals surface area contributed by atoms with Gasteiger partial charge in [0, 0.05) is 30.4 Å². The minimum atomic E-state index is -0.303. The molecule has 6 heteroatoms. The molecule has 0 radical (unpaired) electrons. The monoisotopic (exact) mass is 406 g/mol. The third-order valence-corrected chi connectivity index (χ3v) is 5.33. The summed E-state index contributed by atoms with van der Waals surface area (Å²) in [5.74, 6) is 0.870. The average molecular weight is 406 g/mol. The number of hydrogen-bond acceptors (Lipinski definition) is 3. The number of ether oxygens (including phenoxy) is 2. The number of rotatable bonds is 4. The second-order valence-corrected chi connectivity index (χ2v) is 7.13. The molecule has 0 aliphatic carbocycles. The van der Waals surface area contributed by atoms with E-state index in [4.69, 9.17) is 9.47 Å². The number of fused-ring (bicyclic) bond motifs is 1. The normalized spacial score (nSPS) is 15.3. The lowest BCUT2D eigenvalue weighted by Crippen LogP contribution is -2.43. The first-order valence-corrected chi connectivity index (χ1v) is 9.73. The van der Waals surface area contributed by atoms with Crippen LogP contribution < -0.4 is 14.8 Å². The smallest absolute Gasteiger partial charge is 0.322 e. The Hall–Kier alpha value is -3.54. The Morgan fingerprint density at radius 3 is 2.33 bits per heavy atom. The lowest BCUT2D eigenvalue weighted by Gasteiger charge is -2.37. The highest BCUT2D eigenvalue weighted by Gasteiger charge is 2.32. The van der Waals surface area contributed by atoms with Crippen molar-refractivity contribution < 1.29 is 18.7 Å². The van der Waals surface area contributed by atoms with Crippen molar-refractivity contribution in [1.82, 2.24) is 4.90 Å². The summed E-state index contributed by atoms with van der Waals surface area (Å²) in [4.78, 5) is 15.1. The molecule has 0 aromatic heterocycles.